The van der Waals surface area contributed by atoms with Gasteiger partial charge in [-0.25, -0.2) is 0 Å². The van der Waals surface area contributed by atoms with Crippen LogP contribution in [0.1, 0.15) is 25.3 Å². The summed E-state index contributed by atoms with van der Waals surface area (Å²) in [5.41, 5.74) is 1.89. The number of carbonyl (C=O) groups is 2. The van der Waals surface area contributed by atoms with Crippen molar-refractivity contribution in [3.05, 3.63) is 23.8 Å². The molecule has 0 saturated heterocycles. The lowest BCUT2D eigenvalue weighted by molar-refractivity contribution is -0.142. The number of hydrogen-bond donors (Lipinski definition) is 1. The molecule has 1 aromatic rings. The zero-order valence-electron chi connectivity index (χ0n) is 11.1. The molecule has 1 N–H and O–H groups in total. The van der Waals surface area contributed by atoms with Crippen LogP contribution in [-0.4, -0.2) is 25.1 Å². The van der Waals surface area contributed by atoms with Gasteiger partial charge in [0.1, 0.15) is 11.9 Å². The van der Waals surface area contributed by atoms with Gasteiger partial charge in [0.15, 0.2) is 0 Å². The highest BCUT2D eigenvalue weighted by molar-refractivity contribution is 5.94. The number of carbonyl (C=O) groups excluding carboxylic acids is 2. The molecule has 5 nitrogen and oxygen atoms in total. The van der Waals surface area contributed by atoms with E-state index in [1.54, 1.807) is 6.07 Å². The summed E-state index contributed by atoms with van der Waals surface area (Å²) in [5, 5.41) is 2.81. The summed E-state index contributed by atoms with van der Waals surface area (Å²) in [6.07, 6.45) is 1.17. The van der Waals surface area contributed by atoms with Crippen molar-refractivity contribution in [1.29, 1.82) is 0 Å². The quantitative estimate of drug-likeness (QED) is 0.843. The Kier molecular flexibility index (Phi) is 4.04. The number of ether oxygens (including phenoxy) is 2. The van der Waals surface area contributed by atoms with Gasteiger partial charge in [-0.15, -0.1) is 0 Å². The van der Waals surface area contributed by atoms with Crippen LogP contribution in [0.3, 0.4) is 0 Å². The summed E-state index contributed by atoms with van der Waals surface area (Å²) >= 11 is 0. The van der Waals surface area contributed by atoms with E-state index >= 15 is 0 Å². The van der Waals surface area contributed by atoms with Crippen molar-refractivity contribution in [2.75, 3.05) is 12.4 Å². The molecule has 102 valence electrons. The molecular formula is C14H17NO4. The summed E-state index contributed by atoms with van der Waals surface area (Å²) in [6.45, 7) is 1.82. The number of esters is 1. The van der Waals surface area contributed by atoms with E-state index in [4.69, 9.17) is 4.74 Å². The third-order valence-electron chi connectivity index (χ3n) is 2.99. The largest absolute Gasteiger partial charge is 0.490 e. The van der Waals surface area contributed by atoms with E-state index in [9.17, 15) is 9.59 Å². The van der Waals surface area contributed by atoms with Crippen LogP contribution in [0.15, 0.2) is 18.2 Å². The Morgan fingerprint density at radius 1 is 1.42 bits per heavy atom. The van der Waals surface area contributed by atoms with Gasteiger partial charge in [0.25, 0.3) is 0 Å². The predicted octanol–water partition coefficient (Wildman–Crippen LogP) is 1.90. The summed E-state index contributed by atoms with van der Waals surface area (Å²) in [5.74, 6) is 0.448. The van der Waals surface area contributed by atoms with Crippen molar-refractivity contribution in [2.45, 2.75) is 32.3 Å². The average molecular weight is 263 g/mol. The number of hydrogen-bond acceptors (Lipinski definition) is 4. The van der Waals surface area contributed by atoms with Crippen molar-refractivity contribution in [1.82, 2.24) is 0 Å². The lowest BCUT2D eigenvalue weighted by Gasteiger charge is -2.19. The van der Waals surface area contributed by atoms with Crippen LogP contribution in [0.2, 0.25) is 0 Å². The highest BCUT2D eigenvalue weighted by Gasteiger charge is 2.16. The second-order valence-electron chi connectivity index (χ2n) is 4.58. The number of amides is 1. The summed E-state index contributed by atoms with van der Waals surface area (Å²) in [4.78, 5) is 22.4. The zero-order chi connectivity index (χ0) is 13.8. The lowest BCUT2D eigenvalue weighted by atomic mass is 10.0. The standard InChI is InChI=1S/C14H17NO4/c1-9(7-14(17)18-2)19-11-4-5-12-10(8-11)3-6-13(16)15-12/h4-5,8-9H,3,6-7H2,1-2H3,(H,15,16). The predicted molar refractivity (Wildman–Crippen MR) is 70.1 cm³/mol. The zero-order valence-corrected chi connectivity index (χ0v) is 11.1. The van der Waals surface area contributed by atoms with Crippen LogP contribution >= 0.6 is 0 Å². The molecule has 1 heterocycles. The van der Waals surface area contributed by atoms with Gasteiger partial charge >= 0.3 is 5.97 Å². The van der Waals surface area contributed by atoms with Gasteiger partial charge in [0.05, 0.1) is 13.5 Å². The fourth-order valence-corrected chi connectivity index (χ4v) is 2.03. The Balaban J connectivity index is 2.02. The Morgan fingerprint density at radius 3 is 2.95 bits per heavy atom. The van der Waals surface area contributed by atoms with Crippen LogP contribution in [0.5, 0.6) is 5.75 Å². The van der Waals surface area contributed by atoms with Crippen LogP contribution in [0.25, 0.3) is 0 Å². The third-order valence-corrected chi connectivity index (χ3v) is 2.99. The minimum absolute atomic E-state index is 0.0419. The summed E-state index contributed by atoms with van der Waals surface area (Å²) < 4.78 is 10.3. The van der Waals surface area contributed by atoms with Gasteiger partial charge in [-0.2, -0.15) is 0 Å². The number of aryl methyl sites for hydroxylation is 1. The first-order valence-corrected chi connectivity index (χ1v) is 6.24. The Labute approximate surface area is 111 Å². The molecule has 1 aliphatic heterocycles. The first-order valence-electron chi connectivity index (χ1n) is 6.24. The van der Waals surface area contributed by atoms with E-state index in [0.717, 1.165) is 11.3 Å². The molecule has 19 heavy (non-hydrogen) atoms. The molecule has 0 bridgehead atoms. The number of anilines is 1. The number of fused-ring (bicyclic) bond motifs is 1. The minimum atomic E-state index is -0.294. The second kappa shape index (κ2) is 5.73. The second-order valence-corrected chi connectivity index (χ2v) is 4.58. The topological polar surface area (TPSA) is 64.6 Å². The third kappa shape index (κ3) is 3.47. The smallest absolute Gasteiger partial charge is 0.309 e. The summed E-state index contributed by atoms with van der Waals surface area (Å²) in [6, 6.07) is 5.52. The minimum Gasteiger partial charge on any atom is -0.490 e. The lowest BCUT2D eigenvalue weighted by Crippen LogP contribution is -2.20. The van der Waals surface area contributed by atoms with Crippen molar-refractivity contribution < 1.29 is 19.1 Å². The normalized spacial score (nSPS) is 15.2. The first-order chi connectivity index (χ1) is 9.08. The average Bonchev–Trinajstić information content (AvgIpc) is 2.38. The van der Waals surface area contributed by atoms with Gasteiger partial charge in [-0.05, 0) is 37.1 Å². The van der Waals surface area contributed by atoms with Gasteiger partial charge in [-0.1, -0.05) is 0 Å². The van der Waals surface area contributed by atoms with E-state index in [0.29, 0.717) is 18.6 Å². The molecule has 1 atom stereocenters. The molecule has 0 fully saturated rings. The van der Waals surface area contributed by atoms with E-state index in [2.05, 4.69) is 10.1 Å². The summed E-state index contributed by atoms with van der Waals surface area (Å²) in [7, 11) is 1.36. The Bertz CT molecular complexity index is 498. The van der Waals surface area contributed by atoms with E-state index in [1.165, 1.54) is 7.11 Å². The Hall–Kier alpha value is -2.04. The number of methoxy groups -OCH3 is 1. The molecule has 0 spiro atoms. The van der Waals surface area contributed by atoms with E-state index in [1.807, 2.05) is 19.1 Å². The fourth-order valence-electron chi connectivity index (χ4n) is 2.03. The van der Waals surface area contributed by atoms with Gasteiger partial charge < -0.3 is 14.8 Å². The maximum atomic E-state index is 11.2. The van der Waals surface area contributed by atoms with Crippen LogP contribution < -0.4 is 10.1 Å². The van der Waals surface area contributed by atoms with E-state index in [-0.39, 0.29) is 24.4 Å². The van der Waals surface area contributed by atoms with Crippen LogP contribution in [0, 0.1) is 0 Å². The van der Waals surface area contributed by atoms with Crippen molar-refractivity contribution >= 4 is 17.6 Å². The van der Waals surface area contributed by atoms with Gasteiger partial charge in [0.2, 0.25) is 5.91 Å². The van der Waals surface area contributed by atoms with Crippen molar-refractivity contribution in [2.24, 2.45) is 0 Å². The molecule has 1 aliphatic rings. The van der Waals surface area contributed by atoms with Crippen LogP contribution in [0.4, 0.5) is 5.69 Å². The van der Waals surface area contributed by atoms with E-state index < -0.39 is 0 Å². The van der Waals surface area contributed by atoms with Crippen molar-refractivity contribution in [3.63, 3.8) is 0 Å². The molecule has 1 aromatic carbocycles. The SMILES string of the molecule is COC(=O)CC(C)Oc1ccc2c(c1)CCC(=O)N2. The monoisotopic (exact) mass is 263 g/mol. The van der Waals surface area contributed by atoms with Crippen molar-refractivity contribution in [3.8, 4) is 5.75 Å². The molecular weight excluding hydrogens is 246 g/mol. The fraction of sp³-hybridized carbons (Fsp3) is 0.429. The van der Waals surface area contributed by atoms with Gasteiger partial charge in [0, 0.05) is 12.1 Å². The molecule has 5 heteroatoms. The van der Waals surface area contributed by atoms with Gasteiger partial charge in [-0.3, -0.25) is 9.59 Å². The molecule has 0 radical (unpaired) electrons. The highest BCUT2D eigenvalue weighted by Crippen LogP contribution is 2.27. The maximum absolute atomic E-state index is 11.2. The molecule has 0 saturated carbocycles. The molecule has 0 aliphatic carbocycles. The highest BCUT2D eigenvalue weighted by atomic mass is 16.5. The Morgan fingerprint density at radius 2 is 2.21 bits per heavy atom. The molecule has 2 rings (SSSR count). The number of benzene rings is 1. The number of nitrogens with one attached hydrogen (secondary N) is 1. The molecule has 1 amide bonds. The number of rotatable bonds is 4. The molecule has 1 unspecified atom stereocenters. The molecule has 0 aromatic heterocycles. The maximum Gasteiger partial charge on any atom is 0.309 e. The van der Waals surface area contributed by atoms with Crippen LogP contribution in [-0.2, 0) is 20.7 Å². The first kappa shape index (κ1) is 13.4.